The number of hydrogen-bond donors (Lipinski definition) is 2. The number of unbranched alkanes of at least 4 members (excludes halogenated alkanes) is 1. The largest absolute Gasteiger partial charge is 0.356 e. The fourth-order valence-electron chi connectivity index (χ4n) is 5.43. The van der Waals surface area contributed by atoms with Gasteiger partial charge in [-0.25, -0.2) is 0 Å². The number of benzene rings is 1. The maximum Gasteiger partial charge on any atom is 0.239 e. The van der Waals surface area contributed by atoms with Gasteiger partial charge in [-0.05, 0) is 70.3 Å². The number of likely N-dealkylation sites (tertiary alicyclic amines) is 1. The second-order valence-electron chi connectivity index (χ2n) is 10.9. The summed E-state index contributed by atoms with van der Waals surface area (Å²) in [6.07, 6.45) is 5.25. The molecular formula is C28H45N5O3. The lowest BCUT2D eigenvalue weighted by Crippen LogP contribution is -2.47. The lowest BCUT2D eigenvalue weighted by atomic mass is 9.80. The average Bonchev–Trinajstić information content (AvgIpc) is 2.83. The maximum atomic E-state index is 13.0. The van der Waals surface area contributed by atoms with Crippen LogP contribution in [0.15, 0.2) is 30.3 Å². The van der Waals surface area contributed by atoms with Crippen LogP contribution in [0.4, 0.5) is 0 Å². The molecule has 2 N–H and O–H groups in total. The van der Waals surface area contributed by atoms with Gasteiger partial charge in [0.15, 0.2) is 0 Å². The number of fused-ring (bicyclic) bond motifs is 1. The van der Waals surface area contributed by atoms with Crippen LogP contribution in [0.5, 0.6) is 0 Å². The second-order valence-corrected chi connectivity index (χ2v) is 10.9. The van der Waals surface area contributed by atoms with E-state index in [0.29, 0.717) is 18.9 Å². The van der Waals surface area contributed by atoms with Crippen LogP contribution < -0.4 is 10.6 Å². The van der Waals surface area contributed by atoms with E-state index in [1.807, 2.05) is 20.2 Å². The third-order valence-electron chi connectivity index (χ3n) is 7.51. The number of amides is 3. The molecular weight excluding hydrogens is 454 g/mol. The summed E-state index contributed by atoms with van der Waals surface area (Å²) in [6, 6.07) is 10.3. The van der Waals surface area contributed by atoms with Crippen LogP contribution in [0.3, 0.4) is 0 Å². The Balaban J connectivity index is 1.63. The normalized spacial score (nSPS) is 25.2. The fraction of sp³-hybridized carbons (Fsp3) is 0.679. The van der Waals surface area contributed by atoms with E-state index in [2.05, 4.69) is 44.7 Å². The molecule has 2 aliphatic rings. The molecule has 0 aromatic heterocycles. The van der Waals surface area contributed by atoms with Crippen LogP contribution in [0.25, 0.3) is 0 Å². The number of carbonyl (C=O) groups excluding carboxylic acids is 3. The molecule has 8 nitrogen and oxygen atoms in total. The van der Waals surface area contributed by atoms with E-state index < -0.39 is 0 Å². The molecule has 3 amide bonds. The number of piperidine rings is 1. The molecule has 2 aliphatic heterocycles. The summed E-state index contributed by atoms with van der Waals surface area (Å²) in [4.78, 5) is 44.6. The van der Waals surface area contributed by atoms with Crippen molar-refractivity contribution in [3.63, 3.8) is 0 Å². The molecule has 0 radical (unpaired) electrons. The monoisotopic (exact) mass is 499 g/mol. The molecule has 3 rings (SSSR count). The first-order chi connectivity index (χ1) is 17.3. The predicted molar refractivity (Wildman–Crippen MR) is 142 cm³/mol. The summed E-state index contributed by atoms with van der Waals surface area (Å²) in [7, 11) is 5.80. The van der Waals surface area contributed by atoms with Gasteiger partial charge < -0.3 is 20.4 Å². The van der Waals surface area contributed by atoms with Crippen LogP contribution in [0.2, 0.25) is 0 Å². The average molecular weight is 500 g/mol. The van der Waals surface area contributed by atoms with Crippen molar-refractivity contribution in [2.24, 2.45) is 11.8 Å². The van der Waals surface area contributed by atoms with Crippen molar-refractivity contribution in [3.05, 3.63) is 35.9 Å². The highest BCUT2D eigenvalue weighted by Crippen LogP contribution is 2.30. The van der Waals surface area contributed by atoms with E-state index in [4.69, 9.17) is 0 Å². The van der Waals surface area contributed by atoms with Crippen LogP contribution >= 0.6 is 0 Å². The van der Waals surface area contributed by atoms with Gasteiger partial charge in [0.05, 0.1) is 6.54 Å². The molecule has 36 heavy (non-hydrogen) atoms. The first kappa shape index (κ1) is 28.1. The number of likely N-dealkylation sites (N-methyl/N-ethyl adjacent to an activating group) is 1. The van der Waals surface area contributed by atoms with Crippen LogP contribution in [-0.2, 0) is 20.9 Å². The SMILES string of the molecule is CN(C)CCCC[C@H]1CC(=O)NCC[C@H]2CN(Cc3ccccc3)CC[C@H]2CC(=O)N(C)CC(=O)N1. The minimum atomic E-state index is -0.213. The van der Waals surface area contributed by atoms with Crippen molar-refractivity contribution in [1.29, 1.82) is 0 Å². The number of carbonyl (C=O) groups is 3. The van der Waals surface area contributed by atoms with Gasteiger partial charge in [0.1, 0.15) is 0 Å². The molecule has 3 atom stereocenters. The molecule has 2 heterocycles. The van der Waals surface area contributed by atoms with Crippen LogP contribution in [0.1, 0.15) is 50.5 Å². The Labute approximate surface area is 216 Å². The molecule has 0 aliphatic carbocycles. The Morgan fingerprint density at radius 1 is 0.972 bits per heavy atom. The summed E-state index contributed by atoms with van der Waals surface area (Å²) in [5.74, 6) is 0.420. The molecule has 2 saturated heterocycles. The molecule has 0 unspecified atom stereocenters. The van der Waals surface area contributed by atoms with Crippen molar-refractivity contribution in [3.8, 4) is 0 Å². The van der Waals surface area contributed by atoms with Gasteiger partial charge in [-0.1, -0.05) is 36.8 Å². The number of nitrogens with zero attached hydrogens (tertiary/aromatic N) is 3. The molecule has 8 heteroatoms. The highest BCUT2D eigenvalue weighted by molar-refractivity contribution is 5.85. The first-order valence-corrected chi connectivity index (χ1v) is 13.5. The number of nitrogens with one attached hydrogen (secondary N) is 2. The van der Waals surface area contributed by atoms with Gasteiger partial charge in [-0.3, -0.25) is 19.3 Å². The van der Waals surface area contributed by atoms with Gasteiger partial charge in [0.2, 0.25) is 17.7 Å². The van der Waals surface area contributed by atoms with E-state index in [0.717, 1.165) is 58.3 Å². The smallest absolute Gasteiger partial charge is 0.239 e. The van der Waals surface area contributed by atoms with Crippen LogP contribution in [0, 0.1) is 11.8 Å². The number of hydrogen-bond acceptors (Lipinski definition) is 5. The van der Waals surface area contributed by atoms with E-state index in [-0.39, 0.29) is 42.6 Å². The lowest BCUT2D eigenvalue weighted by molar-refractivity contribution is -0.136. The second kappa shape index (κ2) is 14.3. The third kappa shape index (κ3) is 9.54. The Morgan fingerprint density at radius 3 is 2.50 bits per heavy atom. The lowest BCUT2D eigenvalue weighted by Gasteiger charge is -2.39. The van der Waals surface area contributed by atoms with Crippen molar-refractivity contribution in [1.82, 2.24) is 25.3 Å². The Bertz CT molecular complexity index is 847. The van der Waals surface area contributed by atoms with Crippen molar-refractivity contribution < 1.29 is 14.4 Å². The van der Waals surface area contributed by atoms with E-state index in [9.17, 15) is 14.4 Å². The van der Waals surface area contributed by atoms with Crippen molar-refractivity contribution in [2.75, 3.05) is 53.9 Å². The van der Waals surface area contributed by atoms with Gasteiger partial charge in [-0.2, -0.15) is 0 Å². The minimum absolute atomic E-state index is 0.0112. The van der Waals surface area contributed by atoms with E-state index in [1.165, 1.54) is 5.56 Å². The molecule has 0 bridgehead atoms. The van der Waals surface area contributed by atoms with Gasteiger partial charge in [0.25, 0.3) is 0 Å². The van der Waals surface area contributed by atoms with Crippen molar-refractivity contribution >= 4 is 17.7 Å². The molecule has 0 saturated carbocycles. The summed E-state index contributed by atoms with van der Waals surface area (Å²) >= 11 is 0. The topological polar surface area (TPSA) is 85.0 Å². The Kier molecular flexibility index (Phi) is 11.2. The minimum Gasteiger partial charge on any atom is -0.356 e. The molecule has 1 aromatic carbocycles. The Hall–Kier alpha value is -2.45. The summed E-state index contributed by atoms with van der Waals surface area (Å²) in [5, 5.41) is 6.11. The summed E-state index contributed by atoms with van der Waals surface area (Å²) < 4.78 is 0. The van der Waals surface area contributed by atoms with E-state index in [1.54, 1.807) is 11.9 Å². The molecule has 1 aromatic rings. The zero-order valence-electron chi connectivity index (χ0n) is 22.4. The quantitative estimate of drug-likeness (QED) is 0.562. The first-order valence-electron chi connectivity index (χ1n) is 13.5. The van der Waals surface area contributed by atoms with Gasteiger partial charge in [0, 0.05) is 45.6 Å². The van der Waals surface area contributed by atoms with Gasteiger partial charge >= 0.3 is 0 Å². The maximum absolute atomic E-state index is 13.0. The summed E-state index contributed by atoms with van der Waals surface area (Å²) in [6.45, 7) is 4.39. The van der Waals surface area contributed by atoms with Gasteiger partial charge in [-0.15, -0.1) is 0 Å². The highest BCUT2D eigenvalue weighted by atomic mass is 16.2. The molecule has 0 spiro atoms. The molecule has 200 valence electrons. The zero-order chi connectivity index (χ0) is 25.9. The van der Waals surface area contributed by atoms with Crippen LogP contribution in [-0.4, -0.2) is 92.3 Å². The predicted octanol–water partition coefficient (Wildman–Crippen LogP) is 2.10. The fourth-order valence-corrected chi connectivity index (χ4v) is 5.43. The highest BCUT2D eigenvalue weighted by Gasteiger charge is 2.32. The standard InChI is InChI=1S/C28H45N5O3/c1-31(2)15-8-7-11-25-18-26(34)29-14-12-24-20-33(19-22-9-5-4-6-10-22)16-13-23(24)17-28(36)32(3)21-27(35)30-25/h4-6,9-10,23-25H,7-8,11-21H2,1-3H3,(H,29,34)(H,30,35)/t23-,24-,25-/m0/s1. The zero-order valence-corrected chi connectivity index (χ0v) is 22.4. The third-order valence-corrected chi connectivity index (χ3v) is 7.51. The summed E-state index contributed by atoms with van der Waals surface area (Å²) in [5.41, 5.74) is 1.29. The van der Waals surface area contributed by atoms with E-state index >= 15 is 0 Å². The van der Waals surface area contributed by atoms with Crippen molar-refractivity contribution in [2.45, 2.75) is 57.5 Å². The molecule has 2 fully saturated rings. The Morgan fingerprint density at radius 2 is 1.75 bits per heavy atom. The number of rotatable bonds is 7.